The molecule has 1 saturated heterocycles. The van der Waals surface area contributed by atoms with Crippen LogP contribution in [0.1, 0.15) is 20.8 Å². The maximum Gasteiger partial charge on any atom is 0.232 e. The summed E-state index contributed by atoms with van der Waals surface area (Å²) in [5, 5.41) is 3.30. The molecule has 0 aromatic heterocycles. The molecule has 6 nitrogen and oxygen atoms in total. The second kappa shape index (κ2) is 6.21. The zero-order chi connectivity index (χ0) is 15.5. The first kappa shape index (κ1) is 16.1. The average molecular weight is 314 g/mol. The molecular weight excluding hydrogens is 292 g/mol. The Morgan fingerprint density at radius 2 is 1.67 bits per heavy atom. The third-order valence-corrected chi connectivity index (χ3v) is 4.48. The fourth-order valence-electron chi connectivity index (χ4n) is 1.90. The fraction of sp³-hybridized carbons (Fsp3) is 0.571. The number of ether oxygens (including phenoxy) is 2. The minimum atomic E-state index is -3.24. The number of benzene rings is 1. The van der Waals surface area contributed by atoms with Gasteiger partial charge in [0.25, 0.3) is 0 Å². The first-order chi connectivity index (χ1) is 9.80. The van der Waals surface area contributed by atoms with Gasteiger partial charge in [-0.1, -0.05) is 0 Å². The lowest BCUT2D eigenvalue weighted by Gasteiger charge is -2.35. The molecule has 0 aliphatic carbocycles. The van der Waals surface area contributed by atoms with Gasteiger partial charge >= 0.3 is 0 Å². The minimum absolute atomic E-state index is 0.0551. The first-order valence-electron chi connectivity index (χ1n) is 6.95. The molecule has 0 bridgehead atoms. The van der Waals surface area contributed by atoms with Gasteiger partial charge < -0.3 is 14.8 Å². The molecule has 0 radical (unpaired) electrons. The van der Waals surface area contributed by atoms with E-state index in [9.17, 15) is 8.42 Å². The third-order valence-electron chi connectivity index (χ3n) is 3.17. The first-order valence-corrected chi connectivity index (χ1v) is 8.60. The van der Waals surface area contributed by atoms with Crippen LogP contribution in [0.2, 0.25) is 0 Å². The molecule has 21 heavy (non-hydrogen) atoms. The van der Waals surface area contributed by atoms with Crippen molar-refractivity contribution in [3.63, 3.8) is 0 Å². The third kappa shape index (κ3) is 4.87. The molecule has 0 saturated carbocycles. The highest BCUT2D eigenvalue weighted by Crippen LogP contribution is 2.20. The molecular formula is C14H22N2O4S. The van der Waals surface area contributed by atoms with Crippen molar-refractivity contribution < 1.29 is 17.9 Å². The molecule has 1 heterocycles. The largest absolute Gasteiger partial charge is 0.378 e. The highest BCUT2D eigenvalue weighted by molar-refractivity contribution is 7.92. The van der Waals surface area contributed by atoms with Gasteiger partial charge in [-0.15, -0.1) is 0 Å². The van der Waals surface area contributed by atoms with Crippen LogP contribution in [0, 0.1) is 0 Å². The van der Waals surface area contributed by atoms with Crippen LogP contribution in [0.5, 0.6) is 0 Å². The lowest BCUT2D eigenvalue weighted by molar-refractivity contribution is -0.247. The summed E-state index contributed by atoms with van der Waals surface area (Å²) in [5.74, 6) is -0.472. The molecule has 1 aromatic carbocycles. The summed E-state index contributed by atoms with van der Waals surface area (Å²) >= 11 is 0. The van der Waals surface area contributed by atoms with Crippen LogP contribution < -0.4 is 10.0 Å². The summed E-state index contributed by atoms with van der Waals surface area (Å²) in [6.45, 7) is 6.51. The maximum absolute atomic E-state index is 11.5. The Morgan fingerprint density at radius 3 is 2.19 bits per heavy atom. The molecule has 118 valence electrons. The molecule has 2 N–H and O–H groups in total. The number of hydrogen-bond acceptors (Lipinski definition) is 5. The van der Waals surface area contributed by atoms with Gasteiger partial charge in [0.15, 0.2) is 5.79 Å². The normalized spacial score (nSPS) is 19.2. The van der Waals surface area contributed by atoms with Crippen LogP contribution in [0.15, 0.2) is 24.3 Å². The van der Waals surface area contributed by atoms with E-state index in [1.807, 2.05) is 26.0 Å². The Hall–Kier alpha value is -1.31. The van der Waals surface area contributed by atoms with Crippen molar-refractivity contribution in [2.24, 2.45) is 0 Å². The molecule has 1 fully saturated rings. The highest BCUT2D eigenvalue weighted by Gasteiger charge is 2.28. The SMILES string of the molecule is CCS(=O)(=O)Nc1ccc(NC2COC(C)(C)OC2)cc1. The van der Waals surface area contributed by atoms with Gasteiger partial charge in [0, 0.05) is 11.4 Å². The molecule has 0 unspecified atom stereocenters. The zero-order valence-corrected chi connectivity index (χ0v) is 13.4. The van der Waals surface area contributed by atoms with Gasteiger partial charge in [0.1, 0.15) is 0 Å². The molecule has 1 aliphatic heterocycles. The van der Waals surface area contributed by atoms with Crippen molar-refractivity contribution in [2.75, 3.05) is 29.0 Å². The maximum atomic E-state index is 11.5. The van der Waals surface area contributed by atoms with Crippen molar-refractivity contribution in [2.45, 2.75) is 32.6 Å². The molecule has 0 atom stereocenters. The smallest absolute Gasteiger partial charge is 0.232 e. The second-order valence-electron chi connectivity index (χ2n) is 5.45. The van der Waals surface area contributed by atoms with Crippen molar-refractivity contribution in [3.8, 4) is 0 Å². The second-order valence-corrected chi connectivity index (χ2v) is 7.46. The van der Waals surface area contributed by atoms with Crippen molar-refractivity contribution in [3.05, 3.63) is 24.3 Å². The van der Waals surface area contributed by atoms with Crippen molar-refractivity contribution in [1.82, 2.24) is 0 Å². The zero-order valence-electron chi connectivity index (χ0n) is 12.5. The van der Waals surface area contributed by atoms with Gasteiger partial charge in [-0.3, -0.25) is 4.72 Å². The summed E-state index contributed by atoms with van der Waals surface area (Å²) in [7, 11) is -3.24. The summed E-state index contributed by atoms with van der Waals surface area (Å²) < 4.78 is 36.6. The predicted molar refractivity (Wildman–Crippen MR) is 82.9 cm³/mol. The summed E-state index contributed by atoms with van der Waals surface area (Å²) in [6.07, 6.45) is 0. The lowest BCUT2D eigenvalue weighted by Crippen LogP contribution is -2.45. The topological polar surface area (TPSA) is 76.7 Å². The lowest BCUT2D eigenvalue weighted by atomic mass is 10.2. The molecule has 0 amide bonds. The van der Waals surface area contributed by atoms with E-state index in [1.54, 1.807) is 19.1 Å². The number of sulfonamides is 1. The predicted octanol–water partition coefficient (Wildman–Crippen LogP) is 2.01. The van der Waals surface area contributed by atoms with E-state index in [0.29, 0.717) is 18.9 Å². The van der Waals surface area contributed by atoms with Gasteiger partial charge in [-0.05, 0) is 45.0 Å². The van der Waals surface area contributed by atoms with E-state index in [0.717, 1.165) is 5.69 Å². The summed E-state index contributed by atoms with van der Waals surface area (Å²) in [4.78, 5) is 0. The molecule has 2 rings (SSSR count). The Bertz CT molecular complexity index is 559. The highest BCUT2D eigenvalue weighted by atomic mass is 32.2. The van der Waals surface area contributed by atoms with E-state index >= 15 is 0 Å². The quantitative estimate of drug-likeness (QED) is 0.869. The molecule has 1 aromatic rings. The van der Waals surface area contributed by atoms with Crippen LogP contribution in [0.4, 0.5) is 11.4 Å². The van der Waals surface area contributed by atoms with Crippen LogP contribution in [-0.4, -0.2) is 39.2 Å². The van der Waals surface area contributed by atoms with E-state index in [1.165, 1.54) is 0 Å². The Kier molecular flexibility index (Phi) is 4.75. The summed E-state index contributed by atoms with van der Waals surface area (Å²) in [5.41, 5.74) is 1.45. The monoisotopic (exact) mass is 314 g/mol. The van der Waals surface area contributed by atoms with E-state index in [2.05, 4.69) is 10.0 Å². The Balaban J connectivity index is 1.91. The van der Waals surface area contributed by atoms with Crippen LogP contribution in [-0.2, 0) is 19.5 Å². The van der Waals surface area contributed by atoms with Gasteiger partial charge in [-0.2, -0.15) is 0 Å². The van der Waals surface area contributed by atoms with Crippen molar-refractivity contribution in [1.29, 1.82) is 0 Å². The number of hydrogen-bond donors (Lipinski definition) is 2. The Labute approximate surface area is 125 Å². The van der Waals surface area contributed by atoms with Gasteiger partial charge in [-0.25, -0.2) is 8.42 Å². The van der Waals surface area contributed by atoms with Crippen LogP contribution in [0.25, 0.3) is 0 Å². The number of nitrogens with one attached hydrogen (secondary N) is 2. The average Bonchev–Trinajstić information content (AvgIpc) is 2.43. The van der Waals surface area contributed by atoms with Crippen LogP contribution >= 0.6 is 0 Å². The van der Waals surface area contributed by atoms with Crippen LogP contribution in [0.3, 0.4) is 0 Å². The molecule has 7 heteroatoms. The molecule has 0 spiro atoms. The van der Waals surface area contributed by atoms with Gasteiger partial charge in [0.05, 0.1) is 25.0 Å². The number of anilines is 2. The van der Waals surface area contributed by atoms with E-state index in [4.69, 9.17) is 9.47 Å². The Morgan fingerprint density at radius 1 is 1.14 bits per heavy atom. The minimum Gasteiger partial charge on any atom is -0.378 e. The van der Waals surface area contributed by atoms with Gasteiger partial charge in [0.2, 0.25) is 10.0 Å². The van der Waals surface area contributed by atoms with Crippen molar-refractivity contribution >= 4 is 21.4 Å². The number of rotatable bonds is 5. The molecule has 1 aliphatic rings. The standard InChI is InChI=1S/C14H22N2O4S/c1-4-21(17,18)16-12-7-5-11(6-8-12)15-13-9-19-14(2,3)20-10-13/h5-8,13,15-16H,4,9-10H2,1-3H3. The summed E-state index contributed by atoms with van der Waals surface area (Å²) in [6, 6.07) is 7.19. The van der Waals surface area contributed by atoms with E-state index in [-0.39, 0.29) is 11.8 Å². The van der Waals surface area contributed by atoms with E-state index < -0.39 is 15.8 Å². The fourth-order valence-corrected chi connectivity index (χ4v) is 2.54.